The number of aromatic hydroxyl groups is 2. The Morgan fingerprint density at radius 1 is 1.24 bits per heavy atom. The lowest BCUT2D eigenvalue weighted by Gasteiger charge is -2.28. The number of benzene rings is 2. The number of anilines is 2. The standard InChI is InChI=1S/C28H29F2N5O3/c1-3-35(19-7-5-4-6-8-19)25-24(22(31)11-13-32-2)33-27(37)23(26(25)36)28(38)34-14-12-17(16-34)20-10-9-18(29)15-21(20)30/h4-11,13,15,17,31-32H,3,12,14,16H2,1-2H3,(H2,33,36,37)/b13-11-,31-22?. The van der Waals surface area contributed by atoms with Crippen molar-refractivity contribution in [1.29, 1.82) is 5.41 Å². The van der Waals surface area contributed by atoms with E-state index in [4.69, 9.17) is 5.41 Å². The third kappa shape index (κ3) is 5.15. The molecule has 1 aliphatic rings. The van der Waals surface area contributed by atoms with Crippen LogP contribution in [-0.2, 0) is 0 Å². The summed E-state index contributed by atoms with van der Waals surface area (Å²) in [4.78, 5) is 20.9. The van der Waals surface area contributed by atoms with E-state index in [2.05, 4.69) is 10.3 Å². The van der Waals surface area contributed by atoms with Crippen molar-refractivity contribution < 1.29 is 23.8 Å². The number of aromatic nitrogens is 1. The number of para-hydroxylation sites is 1. The summed E-state index contributed by atoms with van der Waals surface area (Å²) in [6.07, 6.45) is 3.37. The first-order valence-corrected chi connectivity index (χ1v) is 12.2. The number of nitrogens with one attached hydrogen (secondary N) is 2. The van der Waals surface area contributed by atoms with Crippen molar-refractivity contribution in [3.05, 3.63) is 89.3 Å². The number of pyridine rings is 1. The van der Waals surface area contributed by atoms with Gasteiger partial charge in [-0.15, -0.1) is 0 Å². The summed E-state index contributed by atoms with van der Waals surface area (Å²) in [5.74, 6) is -3.63. The second-order valence-corrected chi connectivity index (χ2v) is 8.87. The number of hydrogen-bond acceptors (Lipinski definition) is 7. The molecule has 2 aromatic carbocycles. The zero-order valence-corrected chi connectivity index (χ0v) is 21.1. The monoisotopic (exact) mass is 521 g/mol. The molecule has 1 amide bonds. The highest BCUT2D eigenvalue weighted by atomic mass is 19.1. The zero-order chi connectivity index (χ0) is 27.4. The van der Waals surface area contributed by atoms with Gasteiger partial charge in [-0.3, -0.25) is 10.2 Å². The number of halogens is 2. The molecule has 10 heteroatoms. The summed E-state index contributed by atoms with van der Waals surface area (Å²) in [6, 6.07) is 12.5. The largest absolute Gasteiger partial charge is 0.505 e. The van der Waals surface area contributed by atoms with Gasteiger partial charge in [0.25, 0.3) is 5.91 Å². The van der Waals surface area contributed by atoms with E-state index in [1.54, 1.807) is 11.9 Å². The fourth-order valence-corrected chi connectivity index (χ4v) is 4.70. The first-order valence-electron chi connectivity index (χ1n) is 12.2. The van der Waals surface area contributed by atoms with Gasteiger partial charge in [0.05, 0.1) is 5.71 Å². The van der Waals surface area contributed by atoms with Crippen molar-refractivity contribution in [1.82, 2.24) is 15.2 Å². The van der Waals surface area contributed by atoms with Crippen LogP contribution in [0.5, 0.6) is 11.6 Å². The molecule has 1 saturated heterocycles. The first-order chi connectivity index (χ1) is 18.3. The lowest BCUT2D eigenvalue weighted by molar-refractivity contribution is 0.0783. The highest BCUT2D eigenvalue weighted by Crippen LogP contribution is 2.42. The van der Waals surface area contributed by atoms with Crippen molar-refractivity contribution in [3.63, 3.8) is 0 Å². The quantitative estimate of drug-likeness (QED) is 0.321. The summed E-state index contributed by atoms with van der Waals surface area (Å²) in [5.41, 5.74) is 0.587. The number of allylic oxidation sites excluding steroid dienone is 1. The molecule has 4 rings (SSSR count). The van der Waals surface area contributed by atoms with Crippen LogP contribution in [0.2, 0.25) is 0 Å². The van der Waals surface area contributed by atoms with Crippen LogP contribution < -0.4 is 10.2 Å². The molecule has 2 heterocycles. The molecule has 0 saturated carbocycles. The van der Waals surface area contributed by atoms with Crippen LogP contribution in [0.15, 0.2) is 60.8 Å². The van der Waals surface area contributed by atoms with Gasteiger partial charge in [0.2, 0.25) is 5.88 Å². The second kappa shape index (κ2) is 11.3. The van der Waals surface area contributed by atoms with Crippen LogP contribution in [0.25, 0.3) is 0 Å². The van der Waals surface area contributed by atoms with Crippen molar-refractivity contribution in [2.75, 3.05) is 31.6 Å². The third-order valence-corrected chi connectivity index (χ3v) is 6.54. The van der Waals surface area contributed by atoms with E-state index in [-0.39, 0.29) is 36.1 Å². The number of hydrogen-bond donors (Lipinski definition) is 4. The number of rotatable bonds is 8. The van der Waals surface area contributed by atoms with E-state index in [0.717, 1.165) is 6.07 Å². The first kappa shape index (κ1) is 26.6. The Morgan fingerprint density at radius 2 is 1.97 bits per heavy atom. The van der Waals surface area contributed by atoms with E-state index in [0.29, 0.717) is 24.2 Å². The van der Waals surface area contributed by atoms with Gasteiger partial charge >= 0.3 is 0 Å². The summed E-state index contributed by atoms with van der Waals surface area (Å²) in [7, 11) is 1.66. The predicted molar refractivity (Wildman–Crippen MR) is 141 cm³/mol. The number of carbonyl (C=O) groups is 1. The summed E-state index contributed by atoms with van der Waals surface area (Å²) >= 11 is 0. The van der Waals surface area contributed by atoms with E-state index >= 15 is 0 Å². The van der Waals surface area contributed by atoms with Gasteiger partial charge in [-0.2, -0.15) is 0 Å². The van der Waals surface area contributed by atoms with E-state index in [9.17, 15) is 23.8 Å². The summed E-state index contributed by atoms with van der Waals surface area (Å²) in [5, 5.41) is 33.5. The Morgan fingerprint density at radius 3 is 2.63 bits per heavy atom. The Balaban J connectivity index is 1.76. The maximum atomic E-state index is 14.4. The molecule has 1 unspecified atom stereocenters. The zero-order valence-electron chi connectivity index (χ0n) is 21.1. The average Bonchev–Trinajstić information content (AvgIpc) is 3.39. The van der Waals surface area contributed by atoms with Crippen LogP contribution >= 0.6 is 0 Å². The number of amides is 1. The van der Waals surface area contributed by atoms with E-state index in [1.165, 1.54) is 29.3 Å². The molecule has 8 nitrogen and oxygen atoms in total. The molecule has 1 fully saturated rings. The second-order valence-electron chi connectivity index (χ2n) is 8.87. The van der Waals surface area contributed by atoms with Gasteiger partial charge in [0.15, 0.2) is 5.75 Å². The molecule has 0 aliphatic carbocycles. The maximum Gasteiger partial charge on any atom is 0.263 e. The molecule has 0 spiro atoms. The minimum Gasteiger partial charge on any atom is -0.505 e. The summed E-state index contributed by atoms with van der Waals surface area (Å²) in [6.45, 7) is 2.57. The van der Waals surface area contributed by atoms with Crippen molar-refractivity contribution in [3.8, 4) is 11.6 Å². The van der Waals surface area contributed by atoms with Gasteiger partial charge in [-0.1, -0.05) is 24.3 Å². The highest BCUT2D eigenvalue weighted by molar-refractivity contribution is 6.12. The number of likely N-dealkylation sites (tertiary alicyclic amines) is 1. The van der Waals surface area contributed by atoms with Crippen molar-refractivity contribution in [2.45, 2.75) is 19.3 Å². The van der Waals surface area contributed by atoms with Crippen molar-refractivity contribution in [2.24, 2.45) is 0 Å². The van der Waals surface area contributed by atoms with Crippen LogP contribution in [0.1, 0.15) is 40.9 Å². The molecular weight excluding hydrogens is 492 g/mol. The van der Waals surface area contributed by atoms with Crippen LogP contribution in [0.4, 0.5) is 20.2 Å². The molecule has 1 aromatic heterocycles. The van der Waals surface area contributed by atoms with Gasteiger partial charge in [-0.25, -0.2) is 13.8 Å². The Kier molecular flexibility index (Phi) is 7.90. The maximum absolute atomic E-state index is 14.4. The number of carbonyl (C=O) groups excluding carboxylic acids is 1. The molecular formula is C28H29F2N5O3. The highest BCUT2D eigenvalue weighted by Gasteiger charge is 2.35. The lowest BCUT2D eigenvalue weighted by atomic mass is 9.98. The third-order valence-electron chi connectivity index (χ3n) is 6.54. The molecule has 198 valence electrons. The summed E-state index contributed by atoms with van der Waals surface area (Å²) < 4.78 is 27.7. The molecule has 3 aromatic rings. The fourth-order valence-electron chi connectivity index (χ4n) is 4.70. The van der Waals surface area contributed by atoms with Crippen LogP contribution in [0, 0.1) is 17.0 Å². The predicted octanol–water partition coefficient (Wildman–Crippen LogP) is 4.66. The van der Waals surface area contributed by atoms with Gasteiger partial charge in [-0.05, 0) is 49.4 Å². The molecule has 38 heavy (non-hydrogen) atoms. The van der Waals surface area contributed by atoms with Gasteiger partial charge in [0.1, 0.15) is 28.6 Å². The smallest absolute Gasteiger partial charge is 0.263 e. The molecule has 4 N–H and O–H groups in total. The van der Waals surface area contributed by atoms with Crippen molar-refractivity contribution >= 4 is 23.0 Å². The van der Waals surface area contributed by atoms with Crippen LogP contribution in [0.3, 0.4) is 0 Å². The van der Waals surface area contributed by atoms with Gasteiger partial charge < -0.3 is 25.3 Å². The molecule has 0 bridgehead atoms. The average molecular weight is 522 g/mol. The normalized spacial score (nSPS) is 15.2. The Hall–Kier alpha value is -4.47. The minimum absolute atomic E-state index is 0.0126. The van der Waals surface area contributed by atoms with E-state index < -0.39 is 34.7 Å². The topological polar surface area (TPSA) is 113 Å². The number of nitrogens with zero attached hydrogens (tertiary/aromatic N) is 3. The van der Waals surface area contributed by atoms with Crippen LogP contribution in [-0.4, -0.2) is 58.4 Å². The Bertz CT molecular complexity index is 1380. The SMILES string of the molecule is CCN(c1ccccc1)c1c(C(=N)/C=C\NC)nc(O)c(C(=O)N2CCC(c3ccc(F)cc3F)C2)c1O. The van der Waals surface area contributed by atoms with Gasteiger partial charge in [0, 0.05) is 44.4 Å². The fraction of sp³-hybridized carbons (Fsp3) is 0.250. The molecule has 1 aliphatic heterocycles. The molecule has 1 atom stereocenters. The minimum atomic E-state index is -0.714. The molecule has 0 radical (unpaired) electrons. The Labute approximate surface area is 219 Å². The lowest BCUT2D eigenvalue weighted by Crippen LogP contribution is -2.30. The van der Waals surface area contributed by atoms with E-state index in [1.807, 2.05) is 37.3 Å².